The van der Waals surface area contributed by atoms with Crippen molar-refractivity contribution in [2.75, 3.05) is 17.7 Å². The van der Waals surface area contributed by atoms with Crippen LogP contribution in [0.1, 0.15) is 0 Å². The zero-order chi connectivity index (χ0) is 15.8. The van der Waals surface area contributed by atoms with Gasteiger partial charge >= 0.3 is 5.97 Å². The third kappa shape index (κ3) is 5.57. The SMILES string of the molecule is O=C(COC(=O)CSc1ccccc1)Nc1cccc(F)c1. The van der Waals surface area contributed by atoms with Gasteiger partial charge in [0.15, 0.2) is 6.61 Å². The van der Waals surface area contributed by atoms with Gasteiger partial charge < -0.3 is 10.1 Å². The molecule has 0 saturated heterocycles. The molecule has 0 heterocycles. The van der Waals surface area contributed by atoms with Gasteiger partial charge in [-0.3, -0.25) is 9.59 Å². The zero-order valence-corrected chi connectivity index (χ0v) is 12.4. The Morgan fingerprint density at radius 2 is 1.86 bits per heavy atom. The fourth-order valence-electron chi connectivity index (χ4n) is 1.61. The number of rotatable bonds is 6. The van der Waals surface area contributed by atoms with Crippen molar-refractivity contribution in [3.8, 4) is 0 Å². The first-order valence-corrected chi connectivity index (χ1v) is 7.51. The highest BCUT2D eigenvalue weighted by Crippen LogP contribution is 2.16. The first kappa shape index (κ1) is 16.0. The molecular formula is C16H14FNO3S. The molecule has 1 N–H and O–H groups in total. The highest BCUT2D eigenvalue weighted by molar-refractivity contribution is 8.00. The number of anilines is 1. The monoisotopic (exact) mass is 319 g/mol. The van der Waals surface area contributed by atoms with Gasteiger partial charge in [-0.15, -0.1) is 11.8 Å². The van der Waals surface area contributed by atoms with Crippen LogP contribution in [0.2, 0.25) is 0 Å². The van der Waals surface area contributed by atoms with Gasteiger partial charge in [-0.05, 0) is 30.3 Å². The van der Waals surface area contributed by atoms with Crippen molar-refractivity contribution >= 4 is 29.3 Å². The number of thioether (sulfide) groups is 1. The number of nitrogens with one attached hydrogen (secondary N) is 1. The Balaban J connectivity index is 1.70. The lowest BCUT2D eigenvalue weighted by Gasteiger charge is -2.06. The third-order valence-electron chi connectivity index (χ3n) is 2.57. The van der Waals surface area contributed by atoms with Crippen LogP contribution >= 0.6 is 11.8 Å². The van der Waals surface area contributed by atoms with Crippen LogP contribution < -0.4 is 5.32 Å². The average molecular weight is 319 g/mol. The van der Waals surface area contributed by atoms with E-state index < -0.39 is 24.3 Å². The fourth-order valence-corrected chi connectivity index (χ4v) is 2.33. The van der Waals surface area contributed by atoms with Crippen LogP contribution in [-0.2, 0) is 14.3 Å². The minimum absolute atomic E-state index is 0.122. The third-order valence-corrected chi connectivity index (χ3v) is 3.56. The van der Waals surface area contributed by atoms with E-state index in [-0.39, 0.29) is 5.75 Å². The molecule has 0 aliphatic heterocycles. The van der Waals surface area contributed by atoms with E-state index in [1.54, 1.807) is 6.07 Å². The van der Waals surface area contributed by atoms with Gasteiger partial charge in [0.1, 0.15) is 5.82 Å². The summed E-state index contributed by atoms with van der Waals surface area (Å²) in [4.78, 5) is 24.1. The molecule has 2 rings (SSSR count). The van der Waals surface area contributed by atoms with Crippen LogP contribution in [0.5, 0.6) is 0 Å². The Morgan fingerprint density at radius 3 is 2.59 bits per heavy atom. The summed E-state index contributed by atoms with van der Waals surface area (Å²) in [6.45, 7) is -0.398. The summed E-state index contributed by atoms with van der Waals surface area (Å²) in [6.07, 6.45) is 0. The lowest BCUT2D eigenvalue weighted by atomic mass is 10.3. The first-order valence-electron chi connectivity index (χ1n) is 6.52. The van der Waals surface area contributed by atoms with Crippen LogP contribution in [0.4, 0.5) is 10.1 Å². The maximum Gasteiger partial charge on any atom is 0.316 e. The van der Waals surface area contributed by atoms with Crippen LogP contribution in [0.25, 0.3) is 0 Å². The molecular weight excluding hydrogens is 305 g/mol. The quantitative estimate of drug-likeness (QED) is 0.656. The normalized spacial score (nSPS) is 10.0. The number of hydrogen-bond acceptors (Lipinski definition) is 4. The van der Waals surface area contributed by atoms with Crippen molar-refractivity contribution in [2.24, 2.45) is 0 Å². The van der Waals surface area contributed by atoms with Gasteiger partial charge in [0.25, 0.3) is 5.91 Å². The van der Waals surface area contributed by atoms with E-state index in [2.05, 4.69) is 5.32 Å². The van der Waals surface area contributed by atoms with Crippen molar-refractivity contribution < 1.29 is 18.7 Å². The van der Waals surface area contributed by atoms with Crippen molar-refractivity contribution in [1.82, 2.24) is 0 Å². The second-order valence-corrected chi connectivity index (χ2v) is 5.37. The molecule has 0 unspecified atom stereocenters. The van der Waals surface area contributed by atoms with E-state index in [9.17, 15) is 14.0 Å². The topological polar surface area (TPSA) is 55.4 Å². The van der Waals surface area contributed by atoms with Gasteiger partial charge in [-0.1, -0.05) is 24.3 Å². The molecule has 0 radical (unpaired) electrons. The molecule has 0 aliphatic rings. The number of hydrogen-bond donors (Lipinski definition) is 1. The highest BCUT2D eigenvalue weighted by Gasteiger charge is 2.08. The summed E-state index contributed by atoms with van der Waals surface area (Å²) in [5, 5.41) is 2.45. The fraction of sp³-hybridized carbons (Fsp3) is 0.125. The second-order valence-electron chi connectivity index (χ2n) is 4.32. The van der Waals surface area contributed by atoms with Crippen molar-refractivity contribution in [1.29, 1.82) is 0 Å². The van der Waals surface area contributed by atoms with Crippen molar-refractivity contribution in [2.45, 2.75) is 4.90 Å². The van der Waals surface area contributed by atoms with Gasteiger partial charge in [0.05, 0.1) is 5.75 Å². The Hall–Kier alpha value is -2.34. The summed E-state index contributed by atoms with van der Waals surface area (Å²) >= 11 is 1.33. The molecule has 0 saturated carbocycles. The highest BCUT2D eigenvalue weighted by atomic mass is 32.2. The smallest absolute Gasteiger partial charge is 0.316 e. The van der Waals surface area contributed by atoms with Gasteiger partial charge in [0, 0.05) is 10.6 Å². The number of esters is 1. The molecule has 4 nitrogen and oxygen atoms in total. The molecule has 6 heteroatoms. The van der Waals surface area contributed by atoms with Crippen molar-refractivity contribution in [3.05, 3.63) is 60.4 Å². The van der Waals surface area contributed by atoms with E-state index in [0.717, 1.165) is 4.90 Å². The first-order chi connectivity index (χ1) is 10.6. The van der Waals surface area contributed by atoms with E-state index in [4.69, 9.17) is 4.74 Å². The zero-order valence-electron chi connectivity index (χ0n) is 11.6. The molecule has 2 aromatic carbocycles. The van der Waals surface area contributed by atoms with Gasteiger partial charge in [-0.2, -0.15) is 0 Å². The Kier molecular flexibility index (Phi) is 5.97. The van der Waals surface area contributed by atoms with Crippen LogP contribution in [0, 0.1) is 5.82 Å². The Morgan fingerprint density at radius 1 is 1.09 bits per heavy atom. The Bertz CT molecular complexity index is 649. The van der Waals surface area contributed by atoms with Crippen molar-refractivity contribution in [3.63, 3.8) is 0 Å². The molecule has 0 spiro atoms. The number of carbonyl (C=O) groups is 2. The maximum atomic E-state index is 13.0. The molecule has 114 valence electrons. The molecule has 0 aliphatic carbocycles. The molecule has 22 heavy (non-hydrogen) atoms. The van der Waals surface area contributed by atoms with Crippen LogP contribution in [0.3, 0.4) is 0 Å². The molecule has 2 aromatic rings. The van der Waals surface area contributed by atoms with E-state index in [1.165, 1.54) is 30.0 Å². The molecule has 0 fully saturated rings. The lowest BCUT2D eigenvalue weighted by molar-refractivity contribution is -0.144. The molecule has 0 bridgehead atoms. The number of ether oxygens (including phenoxy) is 1. The Labute approximate surface area is 131 Å². The van der Waals surface area contributed by atoms with Gasteiger partial charge in [-0.25, -0.2) is 4.39 Å². The lowest BCUT2D eigenvalue weighted by Crippen LogP contribution is -2.21. The molecule has 0 aromatic heterocycles. The molecule has 0 atom stereocenters. The minimum atomic E-state index is -0.510. The van der Waals surface area contributed by atoms with Crippen LogP contribution in [-0.4, -0.2) is 24.2 Å². The number of halogens is 1. The summed E-state index contributed by atoms with van der Waals surface area (Å²) in [5.74, 6) is -1.32. The second kappa shape index (κ2) is 8.19. The summed E-state index contributed by atoms with van der Waals surface area (Å²) in [6, 6.07) is 14.9. The largest absolute Gasteiger partial charge is 0.455 e. The minimum Gasteiger partial charge on any atom is -0.455 e. The van der Waals surface area contributed by atoms with Gasteiger partial charge in [0.2, 0.25) is 0 Å². The van der Waals surface area contributed by atoms with E-state index >= 15 is 0 Å². The van der Waals surface area contributed by atoms with Crippen LogP contribution in [0.15, 0.2) is 59.5 Å². The predicted octanol–water partition coefficient (Wildman–Crippen LogP) is 3.10. The summed E-state index contributed by atoms with van der Waals surface area (Å²) < 4.78 is 17.8. The summed E-state index contributed by atoms with van der Waals surface area (Å²) in [5.41, 5.74) is 0.319. The maximum absolute atomic E-state index is 13.0. The predicted molar refractivity (Wildman–Crippen MR) is 83.2 cm³/mol. The average Bonchev–Trinajstić information content (AvgIpc) is 2.52. The molecule has 1 amide bonds. The number of carbonyl (C=O) groups excluding carboxylic acids is 2. The number of benzene rings is 2. The van der Waals surface area contributed by atoms with E-state index in [1.807, 2.05) is 30.3 Å². The number of amides is 1. The standard InChI is InChI=1S/C16H14FNO3S/c17-12-5-4-6-13(9-12)18-15(19)10-21-16(20)11-22-14-7-2-1-3-8-14/h1-9H,10-11H2,(H,18,19). The van der Waals surface area contributed by atoms with E-state index in [0.29, 0.717) is 5.69 Å². The summed E-state index contributed by atoms with van der Waals surface area (Å²) in [7, 11) is 0.